The fraction of sp³-hybridized carbons (Fsp3) is 0.125. The number of halogens is 4. The third kappa shape index (κ3) is 6.47. The van der Waals surface area contributed by atoms with Gasteiger partial charge in [-0.1, -0.05) is 31.2 Å². The number of aryl methyl sites for hydroxylation is 1. The number of benzene rings is 3. The molecule has 0 saturated carbocycles. The molecule has 0 spiro atoms. The van der Waals surface area contributed by atoms with Gasteiger partial charge >= 0.3 is 7.25 Å². The van der Waals surface area contributed by atoms with Gasteiger partial charge in [0, 0.05) is 17.7 Å². The summed E-state index contributed by atoms with van der Waals surface area (Å²) in [5.74, 6) is 1.64. The summed E-state index contributed by atoms with van der Waals surface area (Å²) in [6, 6.07) is 26.5. The van der Waals surface area contributed by atoms with Gasteiger partial charge in [0.05, 0.1) is 18.6 Å². The molecule has 0 fully saturated rings. The van der Waals surface area contributed by atoms with Gasteiger partial charge in [-0.15, -0.1) is 0 Å². The van der Waals surface area contributed by atoms with Crippen LogP contribution < -0.4 is 15.1 Å². The summed E-state index contributed by atoms with van der Waals surface area (Å²) < 4.78 is 50.5. The molecule has 8 heteroatoms. The molecule has 0 aliphatic heterocycles. The highest BCUT2D eigenvalue weighted by Gasteiger charge is 2.20. The number of hydrogen-bond acceptors (Lipinski definition) is 2. The largest absolute Gasteiger partial charge is 0.673 e. The Hall–Kier alpha value is -3.55. The zero-order valence-corrected chi connectivity index (χ0v) is 17.6. The van der Waals surface area contributed by atoms with Gasteiger partial charge in [0.15, 0.2) is 0 Å². The Morgan fingerprint density at radius 3 is 2.12 bits per heavy atom. The van der Waals surface area contributed by atoms with Crippen LogP contribution in [0.1, 0.15) is 12.5 Å². The van der Waals surface area contributed by atoms with Gasteiger partial charge in [-0.3, -0.25) is 0 Å². The molecule has 32 heavy (non-hydrogen) atoms. The van der Waals surface area contributed by atoms with E-state index >= 15 is 0 Å². The minimum absolute atomic E-state index is 0.813. The van der Waals surface area contributed by atoms with Crippen molar-refractivity contribution in [3.63, 3.8) is 0 Å². The van der Waals surface area contributed by atoms with Gasteiger partial charge in [-0.05, 0) is 48.4 Å². The summed E-state index contributed by atoms with van der Waals surface area (Å²) in [6.45, 7) is 2.16. The van der Waals surface area contributed by atoms with E-state index in [1.807, 2.05) is 42.5 Å². The van der Waals surface area contributed by atoms with E-state index in [0.717, 1.165) is 45.5 Å². The number of para-hydroxylation sites is 1. The van der Waals surface area contributed by atoms with Gasteiger partial charge in [-0.25, -0.2) is 4.99 Å². The van der Waals surface area contributed by atoms with E-state index in [1.165, 1.54) is 5.56 Å². The molecular weight excluding hydrogens is 421 g/mol. The summed E-state index contributed by atoms with van der Waals surface area (Å²) in [4.78, 5) is 3.55. The van der Waals surface area contributed by atoms with Crippen molar-refractivity contribution >= 4 is 23.9 Å². The summed E-state index contributed by atoms with van der Waals surface area (Å²) in [5, 5.41) is 2.11. The second kappa shape index (κ2) is 10.2. The van der Waals surface area contributed by atoms with Crippen molar-refractivity contribution in [2.24, 2.45) is 0 Å². The number of nitrogens with one attached hydrogen (secondary N) is 1. The maximum atomic E-state index is 9.75. The summed E-state index contributed by atoms with van der Waals surface area (Å²) in [5.41, 5.74) is 4.20. The molecule has 0 saturated heterocycles. The van der Waals surface area contributed by atoms with Crippen molar-refractivity contribution in [3.8, 4) is 17.1 Å². The third-order valence-corrected chi connectivity index (χ3v) is 4.67. The Morgan fingerprint density at radius 2 is 1.53 bits per heavy atom. The zero-order valence-electron chi connectivity index (χ0n) is 17.6. The number of ether oxygens (including phenoxy) is 1. The fourth-order valence-corrected chi connectivity index (χ4v) is 3.13. The summed E-state index contributed by atoms with van der Waals surface area (Å²) in [6.07, 6.45) is 0.987. The third-order valence-electron chi connectivity index (χ3n) is 4.67. The van der Waals surface area contributed by atoms with Crippen molar-refractivity contribution in [2.75, 3.05) is 7.11 Å². The van der Waals surface area contributed by atoms with Crippen LogP contribution in [0.5, 0.6) is 5.75 Å². The van der Waals surface area contributed by atoms with E-state index in [4.69, 9.17) is 9.15 Å². The van der Waals surface area contributed by atoms with Crippen molar-refractivity contribution in [1.82, 2.24) is 0 Å². The van der Waals surface area contributed by atoms with Crippen molar-refractivity contribution in [1.29, 1.82) is 0 Å². The number of fused-ring (bicyclic) bond motifs is 1. The highest BCUT2D eigenvalue weighted by molar-refractivity contribution is 6.50. The number of methoxy groups -OCH3 is 1. The first-order valence-corrected chi connectivity index (χ1v) is 10.0. The Kier molecular flexibility index (Phi) is 7.35. The molecule has 0 aliphatic carbocycles. The summed E-state index contributed by atoms with van der Waals surface area (Å²) >= 11 is 0. The van der Waals surface area contributed by atoms with Gasteiger partial charge < -0.3 is 26.4 Å². The number of hydrogen-bond donors (Lipinski definition) is 1. The van der Waals surface area contributed by atoms with Gasteiger partial charge in [0.2, 0.25) is 11.0 Å². The molecule has 1 heterocycles. The van der Waals surface area contributed by atoms with Crippen LogP contribution in [0.25, 0.3) is 22.3 Å². The fourth-order valence-electron chi connectivity index (χ4n) is 3.13. The quantitative estimate of drug-likeness (QED) is 0.344. The molecule has 166 valence electrons. The lowest BCUT2D eigenvalue weighted by molar-refractivity contribution is -0.400. The van der Waals surface area contributed by atoms with Crippen LogP contribution >= 0.6 is 0 Å². The molecule has 0 aliphatic rings. The molecular formula is C24H22BF4NO2. The summed E-state index contributed by atoms with van der Waals surface area (Å²) in [7, 11) is -4.33. The van der Waals surface area contributed by atoms with Crippen LogP contribution in [-0.4, -0.2) is 14.4 Å². The molecule has 0 atom stereocenters. The van der Waals surface area contributed by atoms with Crippen LogP contribution in [0.3, 0.4) is 0 Å². The molecule has 1 aromatic heterocycles. The van der Waals surface area contributed by atoms with Gasteiger partial charge in [-0.2, -0.15) is 0 Å². The Balaban J connectivity index is 0.000000523. The predicted molar refractivity (Wildman–Crippen MR) is 118 cm³/mol. The first-order valence-electron chi connectivity index (χ1n) is 10.0. The monoisotopic (exact) mass is 443 g/mol. The second-order valence-electron chi connectivity index (χ2n) is 6.92. The SMILES string of the molecule is CCc1ccc2oc(-c3ccc(OC)cc3)cc(=[NH+]c3ccccc3)c2c1.F[B-](F)(F)F. The minimum atomic E-state index is -6.00. The van der Waals surface area contributed by atoms with Gasteiger partial charge in [0.25, 0.3) is 0 Å². The minimum Gasteiger partial charge on any atom is -0.497 e. The van der Waals surface area contributed by atoms with Crippen molar-refractivity contribution in [2.45, 2.75) is 13.3 Å². The Bertz CT molecular complexity index is 1230. The highest BCUT2D eigenvalue weighted by Crippen LogP contribution is 2.24. The van der Waals surface area contributed by atoms with E-state index in [1.54, 1.807) is 7.11 Å². The van der Waals surface area contributed by atoms with Crippen molar-refractivity contribution in [3.05, 3.63) is 89.8 Å². The molecule has 4 rings (SSSR count). The van der Waals surface area contributed by atoms with Crippen LogP contribution in [0, 0.1) is 0 Å². The molecule has 4 aromatic rings. The predicted octanol–water partition coefficient (Wildman–Crippen LogP) is 5.28. The van der Waals surface area contributed by atoms with E-state index in [-0.39, 0.29) is 0 Å². The molecule has 0 unspecified atom stereocenters. The molecule has 0 amide bonds. The lowest BCUT2D eigenvalue weighted by Gasteiger charge is -2.05. The van der Waals surface area contributed by atoms with Crippen LogP contribution in [0.15, 0.2) is 83.3 Å². The smallest absolute Gasteiger partial charge is 0.497 e. The number of rotatable bonds is 4. The maximum Gasteiger partial charge on any atom is 0.673 e. The normalized spacial score (nSPS) is 11.8. The standard InChI is InChI=1S/C24H21NO2.BF4/c1-3-17-9-14-23-21(15-17)22(25-19-7-5-4-6-8-19)16-24(27-23)18-10-12-20(26-2)13-11-18;2-1(3,4)5/h4-16H,3H2,1-2H3;/q;-1/p+1. The average Bonchev–Trinajstić information content (AvgIpc) is 2.78. The van der Waals surface area contributed by atoms with Crippen LogP contribution in [0.4, 0.5) is 23.0 Å². The lowest BCUT2D eigenvalue weighted by atomic mass is 10.1. The Labute approximate surface area is 183 Å². The molecule has 1 N–H and O–H groups in total. The van der Waals surface area contributed by atoms with Crippen molar-refractivity contribution < 1.29 is 31.4 Å². The van der Waals surface area contributed by atoms with Gasteiger partial charge in [0.1, 0.15) is 17.1 Å². The first-order chi connectivity index (χ1) is 15.3. The van der Waals surface area contributed by atoms with Crippen LogP contribution in [0.2, 0.25) is 0 Å². The topological polar surface area (TPSA) is 36.3 Å². The van der Waals surface area contributed by atoms with Crippen LogP contribution in [-0.2, 0) is 6.42 Å². The lowest BCUT2D eigenvalue weighted by Crippen LogP contribution is -2.70. The molecule has 0 radical (unpaired) electrons. The zero-order chi connectivity index (χ0) is 23.1. The van der Waals surface area contributed by atoms with E-state index in [2.05, 4.69) is 48.3 Å². The molecule has 3 aromatic carbocycles. The average molecular weight is 443 g/mol. The van der Waals surface area contributed by atoms with E-state index in [0.29, 0.717) is 0 Å². The maximum absolute atomic E-state index is 9.75. The first kappa shape index (κ1) is 23.1. The molecule has 3 nitrogen and oxygen atoms in total. The Morgan fingerprint density at radius 1 is 0.875 bits per heavy atom. The van der Waals surface area contributed by atoms with E-state index in [9.17, 15) is 17.3 Å². The highest BCUT2D eigenvalue weighted by atomic mass is 19.5. The second-order valence-corrected chi connectivity index (χ2v) is 6.92. The van der Waals surface area contributed by atoms with E-state index < -0.39 is 7.25 Å². The molecule has 0 bridgehead atoms.